The number of ether oxygens (including phenoxy) is 2. The van der Waals surface area contributed by atoms with E-state index < -0.39 is 11.6 Å². The Morgan fingerprint density at radius 1 is 1.31 bits per heavy atom. The molecule has 76 valence electrons. The molecule has 4 nitrogen and oxygen atoms in total. The quantitative estimate of drug-likeness (QED) is 0.623. The van der Waals surface area contributed by atoms with Crippen molar-refractivity contribution in [3.8, 4) is 0 Å². The van der Waals surface area contributed by atoms with E-state index in [1.165, 1.54) is 21.0 Å². The van der Waals surface area contributed by atoms with Gasteiger partial charge in [0.2, 0.25) is 5.60 Å². The Labute approximate surface area is 78.2 Å². The molecule has 0 aliphatic rings. The minimum absolute atomic E-state index is 0.320. The summed E-state index contributed by atoms with van der Waals surface area (Å²) in [5.74, 6) is -0.921. The molecule has 0 unspecified atom stereocenters. The normalized spacial score (nSPS) is 10.8. The Morgan fingerprint density at radius 3 is 2.23 bits per heavy atom. The molecule has 0 aromatic heterocycles. The average Bonchev–Trinajstić information content (AvgIpc) is 2.02. The van der Waals surface area contributed by atoms with E-state index in [1.807, 2.05) is 6.92 Å². The van der Waals surface area contributed by atoms with Gasteiger partial charge >= 0.3 is 11.9 Å². The zero-order chi connectivity index (χ0) is 10.5. The van der Waals surface area contributed by atoms with E-state index in [4.69, 9.17) is 4.74 Å². The van der Waals surface area contributed by atoms with Crippen LogP contribution in [-0.2, 0) is 19.1 Å². The van der Waals surface area contributed by atoms with Gasteiger partial charge in [-0.3, -0.25) is 4.79 Å². The molecule has 0 heterocycles. The zero-order valence-corrected chi connectivity index (χ0v) is 8.55. The predicted octanol–water partition coefficient (Wildman–Crippen LogP) is 1.28. The third-order valence-electron chi connectivity index (χ3n) is 1.50. The van der Waals surface area contributed by atoms with Crippen LogP contribution >= 0.6 is 0 Å². The van der Waals surface area contributed by atoms with Crippen LogP contribution < -0.4 is 0 Å². The molecule has 0 N–H and O–H groups in total. The van der Waals surface area contributed by atoms with Crippen molar-refractivity contribution in [2.45, 2.75) is 39.2 Å². The minimum Gasteiger partial charge on any atom is -0.466 e. The van der Waals surface area contributed by atoms with Gasteiger partial charge in [0, 0.05) is 6.42 Å². The molecule has 0 bridgehead atoms. The summed E-state index contributed by atoms with van der Waals surface area (Å²) in [6.07, 6.45) is 1.02. The van der Waals surface area contributed by atoms with Crippen molar-refractivity contribution < 1.29 is 19.1 Å². The molecule has 0 saturated carbocycles. The number of hydrogen-bond acceptors (Lipinski definition) is 4. The average molecular weight is 188 g/mol. The van der Waals surface area contributed by atoms with Gasteiger partial charge in [-0.1, -0.05) is 6.92 Å². The fourth-order valence-corrected chi connectivity index (χ4v) is 0.827. The first-order valence-corrected chi connectivity index (χ1v) is 4.24. The van der Waals surface area contributed by atoms with Crippen LogP contribution in [0.25, 0.3) is 0 Å². The second kappa shape index (κ2) is 4.84. The van der Waals surface area contributed by atoms with E-state index in [2.05, 4.69) is 4.74 Å². The number of carbonyl (C=O) groups is 2. The summed E-state index contributed by atoms with van der Waals surface area (Å²) in [5, 5.41) is 0. The van der Waals surface area contributed by atoms with Gasteiger partial charge in [0.25, 0.3) is 0 Å². The largest absolute Gasteiger partial charge is 0.466 e. The predicted molar refractivity (Wildman–Crippen MR) is 47.1 cm³/mol. The van der Waals surface area contributed by atoms with Gasteiger partial charge in [0.1, 0.15) is 0 Å². The van der Waals surface area contributed by atoms with Crippen LogP contribution in [0.2, 0.25) is 0 Å². The first kappa shape index (κ1) is 11.9. The van der Waals surface area contributed by atoms with E-state index in [0.717, 1.165) is 0 Å². The van der Waals surface area contributed by atoms with Crippen LogP contribution in [0.4, 0.5) is 0 Å². The molecule has 0 saturated heterocycles. The maximum Gasteiger partial charge on any atom is 0.349 e. The van der Waals surface area contributed by atoms with Gasteiger partial charge in [-0.25, -0.2) is 4.79 Å². The van der Waals surface area contributed by atoms with Crippen LogP contribution in [0.15, 0.2) is 0 Å². The summed E-state index contributed by atoms with van der Waals surface area (Å²) in [7, 11) is 1.26. The second-order valence-corrected chi connectivity index (χ2v) is 3.23. The van der Waals surface area contributed by atoms with E-state index in [0.29, 0.717) is 12.8 Å². The highest BCUT2D eigenvalue weighted by atomic mass is 16.6. The van der Waals surface area contributed by atoms with Crippen LogP contribution in [0, 0.1) is 0 Å². The third-order valence-corrected chi connectivity index (χ3v) is 1.50. The lowest BCUT2D eigenvalue weighted by Crippen LogP contribution is -2.38. The molecule has 13 heavy (non-hydrogen) atoms. The number of hydrogen-bond donors (Lipinski definition) is 0. The van der Waals surface area contributed by atoms with Gasteiger partial charge in [-0.2, -0.15) is 0 Å². The van der Waals surface area contributed by atoms with Crippen LogP contribution in [0.1, 0.15) is 33.6 Å². The molecule has 0 spiro atoms. The number of methoxy groups -OCH3 is 1. The van der Waals surface area contributed by atoms with Crippen molar-refractivity contribution in [3.05, 3.63) is 0 Å². The van der Waals surface area contributed by atoms with Crippen molar-refractivity contribution in [2.24, 2.45) is 0 Å². The summed E-state index contributed by atoms with van der Waals surface area (Å²) in [6, 6.07) is 0. The number of carbonyl (C=O) groups excluding carboxylic acids is 2. The van der Waals surface area contributed by atoms with Gasteiger partial charge in [0.15, 0.2) is 0 Å². The lowest BCUT2D eigenvalue weighted by atomic mass is 10.1. The summed E-state index contributed by atoms with van der Waals surface area (Å²) in [4.78, 5) is 22.1. The smallest absolute Gasteiger partial charge is 0.349 e. The first-order valence-electron chi connectivity index (χ1n) is 4.24. The highest BCUT2D eigenvalue weighted by Gasteiger charge is 2.32. The lowest BCUT2D eigenvalue weighted by Gasteiger charge is -2.21. The first-order chi connectivity index (χ1) is 5.94. The van der Waals surface area contributed by atoms with E-state index >= 15 is 0 Å². The molecule has 0 radical (unpaired) electrons. The molecule has 0 atom stereocenters. The molecule has 4 heteroatoms. The third kappa shape index (κ3) is 3.92. The maximum atomic E-state index is 11.1. The molecule has 0 aliphatic heterocycles. The standard InChI is InChI=1S/C9H16O4/c1-5-6-7(10)13-9(2,3)8(11)12-4/h5-6H2,1-4H3. The molecule has 0 aromatic rings. The Bertz CT molecular complexity index is 196. The van der Waals surface area contributed by atoms with Crippen molar-refractivity contribution in [2.75, 3.05) is 7.11 Å². The van der Waals surface area contributed by atoms with Gasteiger partial charge in [-0.15, -0.1) is 0 Å². The van der Waals surface area contributed by atoms with Crippen molar-refractivity contribution in [3.63, 3.8) is 0 Å². The summed E-state index contributed by atoms with van der Waals surface area (Å²) in [6.45, 7) is 4.88. The topological polar surface area (TPSA) is 52.6 Å². The second-order valence-electron chi connectivity index (χ2n) is 3.23. The molecular weight excluding hydrogens is 172 g/mol. The van der Waals surface area contributed by atoms with Gasteiger partial charge in [0.05, 0.1) is 7.11 Å². The number of rotatable bonds is 4. The molecule has 0 amide bonds. The Morgan fingerprint density at radius 2 is 1.85 bits per heavy atom. The number of esters is 2. The fraction of sp³-hybridized carbons (Fsp3) is 0.778. The molecule has 0 aliphatic carbocycles. The van der Waals surface area contributed by atoms with Crippen molar-refractivity contribution >= 4 is 11.9 Å². The molecule has 0 rings (SSSR count). The maximum absolute atomic E-state index is 11.1. The summed E-state index contributed by atoms with van der Waals surface area (Å²) < 4.78 is 9.40. The minimum atomic E-state index is -1.18. The van der Waals surface area contributed by atoms with Crippen LogP contribution in [0.3, 0.4) is 0 Å². The molecule has 0 aromatic carbocycles. The Balaban J connectivity index is 4.16. The fourth-order valence-electron chi connectivity index (χ4n) is 0.827. The van der Waals surface area contributed by atoms with E-state index in [9.17, 15) is 9.59 Å². The van der Waals surface area contributed by atoms with Crippen molar-refractivity contribution in [1.29, 1.82) is 0 Å². The molecule has 0 fully saturated rings. The summed E-state index contributed by atoms with van der Waals surface area (Å²) in [5.41, 5.74) is -1.18. The van der Waals surface area contributed by atoms with E-state index in [-0.39, 0.29) is 5.97 Å². The lowest BCUT2D eigenvalue weighted by molar-refractivity contribution is -0.176. The van der Waals surface area contributed by atoms with E-state index in [1.54, 1.807) is 0 Å². The monoisotopic (exact) mass is 188 g/mol. The Hall–Kier alpha value is -1.06. The SMILES string of the molecule is CCCC(=O)OC(C)(C)C(=O)OC. The van der Waals surface area contributed by atoms with Crippen LogP contribution in [0.5, 0.6) is 0 Å². The Kier molecular flexibility index (Phi) is 4.45. The zero-order valence-electron chi connectivity index (χ0n) is 8.55. The summed E-state index contributed by atoms with van der Waals surface area (Å²) >= 11 is 0. The molecular formula is C9H16O4. The van der Waals surface area contributed by atoms with Crippen molar-refractivity contribution in [1.82, 2.24) is 0 Å². The van der Waals surface area contributed by atoms with Gasteiger partial charge in [-0.05, 0) is 20.3 Å². The van der Waals surface area contributed by atoms with Crippen LogP contribution in [-0.4, -0.2) is 24.6 Å². The highest BCUT2D eigenvalue weighted by molar-refractivity contribution is 5.82. The highest BCUT2D eigenvalue weighted by Crippen LogP contribution is 2.12. The van der Waals surface area contributed by atoms with Gasteiger partial charge < -0.3 is 9.47 Å².